The predicted octanol–water partition coefficient (Wildman–Crippen LogP) is 4.05. The number of ether oxygens (including phenoxy) is 2. The topological polar surface area (TPSA) is 113 Å². The van der Waals surface area contributed by atoms with Gasteiger partial charge in [0.15, 0.2) is 0 Å². The van der Waals surface area contributed by atoms with Crippen molar-refractivity contribution >= 4 is 22.1 Å². The van der Waals surface area contributed by atoms with Crippen molar-refractivity contribution in [2.75, 3.05) is 32.8 Å². The number of amides is 1. The van der Waals surface area contributed by atoms with Crippen molar-refractivity contribution in [3.05, 3.63) is 29.8 Å². The van der Waals surface area contributed by atoms with E-state index in [1.54, 1.807) is 17.0 Å². The predicted molar refractivity (Wildman–Crippen MR) is 135 cm³/mol. The van der Waals surface area contributed by atoms with E-state index >= 15 is 0 Å². The molecular formula is C26H40N2O7S. The number of rotatable bonds is 5. The van der Waals surface area contributed by atoms with Gasteiger partial charge in [-0.05, 0) is 57.6 Å². The number of likely N-dealkylation sites (tertiary alicyclic amines) is 1. The van der Waals surface area contributed by atoms with Gasteiger partial charge in [0, 0.05) is 32.1 Å². The number of carboxylic acid groups (broad SMARTS) is 1. The Bertz CT molecular complexity index is 950. The fourth-order valence-electron chi connectivity index (χ4n) is 3.88. The molecule has 1 aromatic carbocycles. The minimum atomic E-state index is -3.37. The first-order chi connectivity index (χ1) is 17.2. The zero-order valence-electron chi connectivity index (χ0n) is 21.4. The molecular weight excluding hydrogens is 484 g/mol. The molecule has 1 atom stereocenters. The zero-order chi connectivity index (χ0) is 26.1. The van der Waals surface area contributed by atoms with Crippen LogP contribution in [0.15, 0.2) is 29.2 Å². The Hall–Kier alpha value is -2.17. The Morgan fingerprint density at radius 2 is 1.64 bits per heavy atom. The van der Waals surface area contributed by atoms with E-state index in [0.29, 0.717) is 37.7 Å². The molecule has 202 valence electrons. The maximum Gasteiger partial charge on any atom is 0.410 e. The highest BCUT2D eigenvalue weighted by Crippen LogP contribution is 2.26. The molecule has 10 heteroatoms. The quantitative estimate of drug-likeness (QED) is 0.618. The van der Waals surface area contributed by atoms with Gasteiger partial charge in [-0.3, -0.25) is 4.79 Å². The van der Waals surface area contributed by atoms with Gasteiger partial charge in [0.25, 0.3) is 0 Å². The second kappa shape index (κ2) is 13.4. The summed E-state index contributed by atoms with van der Waals surface area (Å²) in [6.45, 7) is 6.42. The summed E-state index contributed by atoms with van der Waals surface area (Å²) >= 11 is 0. The summed E-state index contributed by atoms with van der Waals surface area (Å²) in [4.78, 5) is 24.1. The van der Waals surface area contributed by atoms with E-state index < -0.39 is 16.0 Å². The van der Waals surface area contributed by atoms with Crippen molar-refractivity contribution in [3.63, 3.8) is 0 Å². The average molecular weight is 525 g/mol. The van der Waals surface area contributed by atoms with Crippen molar-refractivity contribution < 1.29 is 32.6 Å². The Labute approximate surface area is 214 Å². The van der Waals surface area contributed by atoms with Crippen LogP contribution in [-0.2, 0) is 24.3 Å². The molecule has 0 aromatic heterocycles. The monoisotopic (exact) mass is 524 g/mol. The number of nitrogens with zero attached hydrogens (tertiary/aromatic N) is 2. The van der Waals surface area contributed by atoms with Crippen LogP contribution in [0.3, 0.4) is 0 Å². The number of sulfonamides is 1. The lowest BCUT2D eigenvalue weighted by Crippen LogP contribution is -2.46. The minimum absolute atomic E-state index is 0.102. The van der Waals surface area contributed by atoms with Gasteiger partial charge in [-0.2, -0.15) is 4.31 Å². The minimum Gasteiger partial charge on any atom is -0.481 e. The van der Waals surface area contributed by atoms with Gasteiger partial charge in [0.05, 0.1) is 18.1 Å². The molecule has 2 saturated carbocycles. The van der Waals surface area contributed by atoms with Crippen molar-refractivity contribution in [3.8, 4) is 0 Å². The van der Waals surface area contributed by atoms with Crippen LogP contribution in [0, 0.1) is 12.8 Å². The van der Waals surface area contributed by atoms with Crippen molar-refractivity contribution in [1.82, 2.24) is 9.21 Å². The number of piperidine rings is 1. The molecule has 0 radical (unpaired) electrons. The summed E-state index contributed by atoms with van der Waals surface area (Å²) in [7, 11) is -3.37. The van der Waals surface area contributed by atoms with Gasteiger partial charge in [-0.15, -0.1) is 0 Å². The Kier molecular flexibility index (Phi) is 10.6. The van der Waals surface area contributed by atoms with E-state index in [4.69, 9.17) is 14.6 Å². The number of hydrogen-bond donors (Lipinski definition) is 1. The third-order valence-corrected chi connectivity index (χ3v) is 8.44. The molecule has 1 unspecified atom stereocenters. The van der Waals surface area contributed by atoms with Crippen LogP contribution >= 0.6 is 0 Å². The largest absolute Gasteiger partial charge is 0.481 e. The smallest absolute Gasteiger partial charge is 0.410 e. The number of hydrogen-bond acceptors (Lipinski definition) is 6. The standard InChI is InChI=1S/C12H17NO3S.C11H17NO4.C3H6/c1-10-3-5-12(6-4-10)17(14,15)13-7-8-16-9-11(13)2;13-10(14)7-8-3-5-12(6-4-8)11(15)16-9-1-2-9;1-2-3-1/h3-6,11H,7-9H2,1-2H3;8-9H,1-7H2,(H,13,14);1-3H2. The first kappa shape index (κ1) is 28.4. The summed E-state index contributed by atoms with van der Waals surface area (Å²) in [5.74, 6) is -0.540. The van der Waals surface area contributed by atoms with Crippen LogP contribution in [0.4, 0.5) is 4.79 Å². The van der Waals surface area contributed by atoms with Gasteiger partial charge in [-0.1, -0.05) is 37.0 Å². The second-order valence-electron chi connectivity index (χ2n) is 10.0. The number of carboxylic acids is 1. The summed E-state index contributed by atoms with van der Waals surface area (Å²) in [6.07, 6.45) is 8.15. The van der Waals surface area contributed by atoms with Crippen molar-refractivity contribution in [2.24, 2.45) is 5.92 Å². The summed E-state index contributed by atoms with van der Waals surface area (Å²) in [6, 6.07) is 6.85. The fourth-order valence-corrected chi connectivity index (χ4v) is 5.48. The maximum atomic E-state index is 12.4. The molecule has 5 rings (SSSR count). The molecule has 1 N–H and O–H groups in total. The van der Waals surface area contributed by atoms with E-state index in [2.05, 4.69) is 0 Å². The lowest BCUT2D eigenvalue weighted by molar-refractivity contribution is -0.138. The lowest BCUT2D eigenvalue weighted by Gasteiger charge is -2.32. The lowest BCUT2D eigenvalue weighted by atomic mass is 9.94. The van der Waals surface area contributed by atoms with E-state index in [1.807, 2.05) is 26.0 Å². The summed E-state index contributed by atoms with van der Waals surface area (Å²) in [5, 5.41) is 8.66. The Morgan fingerprint density at radius 1 is 1.03 bits per heavy atom. The third kappa shape index (κ3) is 9.37. The number of carbonyl (C=O) groups excluding carboxylic acids is 1. The Morgan fingerprint density at radius 3 is 2.14 bits per heavy atom. The molecule has 1 amide bonds. The van der Waals surface area contributed by atoms with E-state index in [-0.39, 0.29) is 30.6 Å². The Balaban J connectivity index is 0.000000179. The SMILES string of the molecule is C1CC1.Cc1ccc(S(=O)(=O)N2CCOCC2C)cc1.O=C(O)CC1CCN(C(=O)OC2CC2)CC1. The third-order valence-electron chi connectivity index (χ3n) is 6.42. The van der Waals surface area contributed by atoms with Crippen molar-refractivity contribution in [1.29, 1.82) is 0 Å². The average Bonchev–Trinajstić information content (AvgIpc) is 3.74. The number of carbonyl (C=O) groups is 2. The van der Waals surface area contributed by atoms with E-state index in [9.17, 15) is 18.0 Å². The normalized spacial score (nSPS) is 22.4. The first-order valence-electron chi connectivity index (χ1n) is 13.0. The van der Waals surface area contributed by atoms with Crippen LogP contribution in [0.5, 0.6) is 0 Å². The molecule has 9 nitrogen and oxygen atoms in total. The first-order valence-corrected chi connectivity index (χ1v) is 14.4. The molecule has 0 bridgehead atoms. The molecule has 36 heavy (non-hydrogen) atoms. The van der Waals surface area contributed by atoms with Gasteiger partial charge >= 0.3 is 12.1 Å². The second-order valence-corrected chi connectivity index (χ2v) is 11.9. The molecule has 2 aliphatic heterocycles. The fraction of sp³-hybridized carbons (Fsp3) is 0.692. The molecule has 2 aliphatic carbocycles. The number of morpholine rings is 1. The van der Waals surface area contributed by atoms with E-state index in [1.165, 1.54) is 23.6 Å². The van der Waals surface area contributed by atoms with Crippen LogP contribution in [-0.4, -0.2) is 79.8 Å². The highest BCUT2D eigenvalue weighted by Gasteiger charge is 2.32. The van der Waals surface area contributed by atoms with E-state index in [0.717, 1.165) is 31.2 Å². The molecule has 4 fully saturated rings. The maximum absolute atomic E-state index is 12.4. The molecule has 4 aliphatic rings. The zero-order valence-corrected chi connectivity index (χ0v) is 22.2. The number of benzene rings is 1. The van der Waals surface area contributed by atoms with Crippen LogP contribution in [0.2, 0.25) is 0 Å². The molecule has 0 spiro atoms. The van der Waals surface area contributed by atoms with Crippen LogP contribution < -0.4 is 0 Å². The van der Waals surface area contributed by atoms with Gasteiger partial charge in [0.1, 0.15) is 6.10 Å². The highest BCUT2D eigenvalue weighted by atomic mass is 32.2. The van der Waals surface area contributed by atoms with Crippen LogP contribution in [0.1, 0.15) is 63.9 Å². The number of aryl methyl sites for hydroxylation is 1. The van der Waals surface area contributed by atoms with Crippen LogP contribution in [0.25, 0.3) is 0 Å². The summed E-state index contributed by atoms with van der Waals surface area (Å²) in [5.41, 5.74) is 1.05. The molecule has 2 saturated heterocycles. The van der Waals surface area contributed by atoms with Crippen molar-refractivity contribution in [2.45, 2.75) is 82.3 Å². The van der Waals surface area contributed by atoms with Gasteiger partial charge < -0.3 is 19.5 Å². The highest BCUT2D eigenvalue weighted by molar-refractivity contribution is 7.89. The number of aliphatic carboxylic acids is 1. The molecule has 1 aromatic rings. The van der Waals surface area contributed by atoms with Gasteiger partial charge in [-0.25, -0.2) is 13.2 Å². The summed E-state index contributed by atoms with van der Waals surface area (Å²) < 4.78 is 36.7. The van der Waals surface area contributed by atoms with Gasteiger partial charge in [0.2, 0.25) is 10.0 Å². The molecule has 2 heterocycles.